The molecule has 1 aliphatic carbocycles. The average molecular weight is 301 g/mol. The van der Waals surface area contributed by atoms with Gasteiger partial charge in [0.1, 0.15) is 0 Å². The lowest BCUT2D eigenvalue weighted by molar-refractivity contribution is -0.139. The smallest absolute Gasteiger partial charge is 0.376 e. The van der Waals surface area contributed by atoms with E-state index in [2.05, 4.69) is 0 Å². The maximum atomic E-state index is 13.2. The van der Waals surface area contributed by atoms with E-state index >= 15 is 0 Å². The Morgan fingerprint density at radius 3 is 2.19 bits per heavy atom. The van der Waals surface area contributed by atoms with Crippen LogP contribution in [0.1, 0.15) is 55.7 Å². The van der Waals surface area contributed by atoms with Crippen LogP contribution < -0.4 is 5.73 Å². The Morgan fingerprint density at radius 2 is 1.67 bits per heavy atom. The zero-order chi connectivity index (χ0) is 15.5. The first-order valence-electron chi connectivity index (χ1n) is 7.37. The number of nitrogens with two attached hydrogens (primary N) is 1. The third-order valence-corrected chi connectivity index (χ3v) is 4.52. The molecule has 2 N–H and O–H groups in total. The van der Waals surface area contributed by atoms with E-state index in [1.807, 2.05) is 0 Å². The number of ether oxygens (including phenoxy) is 1. The van der Waals surface area contributed by atoms with Crippen LogP contribution in [0.2, 0.25) is 0 Å². The van der Waals surface area contributed by atoms with Gasteiger partial charge in [0.2, 0.25) is 0 Å². The molecule has 0 spiro atoms. The van der Waals surface area contributed by atoms with E-state index in [1.54, 1.807) is 13.2 Å². The minimum Gasteiger partial charge on any atom is -0.376 e. The summed E-state index contributed by atoms with van der Waals surface area (Å²) < 4.78 is 45.2. The highest BCUT2D eigenvalue weighted by Gasteiger charge is 2.42. The molecule has 1 aromatic rings. The molecule has 0 bridgehead atoms. The summed E-state index contributed by atoms with van der Waals surface area (Å²) in [4.78, 5) is 0. The third-order valence-electron chi connectivity index (χ3n) is 4.52. The van der Waals surface area contributed by atoms with E-state index in [4.69, 9.17) is 10.5 Å². The van der Waals surface area contributed by atoms with Crippen molar-refractivity contribution in [2.75, 3.05) is 7.11 Å². The lowest BCUT2D eigenvalue weighted by Gasteiger charge is -2.38. The fourth-order valence-corrected chi connectivity index (χ4v) is 3.28. The average Bonchev–Trinajstić information content (AvgIpc) is 2.72. The van der Waals surface area contributed by atoms with Gasteiger partial charge in [-0.05, 0) is 24.5 Å². The second-order valence-electron chi connectivity index (χ2n) is 5.75. The van der Waals surface area contributed by atoms with Gasteiger partial charge in [0, 0.05) is 7.11 Å². The first-order chi connectivity index (χ1) is 9.91. The van der Waals surface area contributed by atoms with Gasteiger partial charge in [-0.1, -0.05) is 43.9 Å². The van der Waals surface area contributed by atoms with Crippen LogP contribution in [0.4, 0.5) is 13.2 Å². The minimum atomic E-state index is -4.39. The molecule has 2 nitrogen and oxygen atoms in total. The molecular formula is C16H22F3NO. The van der Waals surface area contributed by atoms with Crippen molar-refractivity contribution >= 4 is 0 Å². The highest BCUT2D eigenvalue weighted by Crippen LogP contribution is 2.42. The number of benzene rings is 1. The van der Waals surface area contributed by atoms with Crippen LogP contribution in [0.15, 0.2) is 24.3 Å². The van der Waals surface area contributed by atoms with Crippen molar-refractivity contribution in [1.29, 1.82) is 0 Å². The summed E-state index contributed by atoms with van der Waals surface area (Å²) >= 11 is 0. The minimum absolute atomic E-state index is 0.133. The van der Waals surface area contributed by atoms with Crippen molar-refractivity contribution in [1.82, 2.24) is 0 Å². The summed E-state index contributed by atoms with van der Waals surface area (Å²) in [5.41, 5.74) is 5.04. The Balaban J connectivity index is 2.40. The van der Waals surface area contributed by atoms with Crippen LogP contribution in [0.5, 0.6) is 0 Å². The topological polar surface area (TPSA) is 35.2 Å². The van der Waals surface area contributed by atoms with Crippen LogP contribution in [0, 0.1) is 0 Å². The van der Waals surface area contributed by atoms with Gasteiger partial charge in [0.15, 0.2) is 0 Å². The Kier molecular flexibility index (Phi) is 4.94. The van der Waals surface area contributed by atoms with E-state index < -0.39 is 23.4 Å². The molecule has 1 unspecified atom stereocenters. The zero-order valence-corrected chi connectivity index (χ0v) is 12.2. The van der Waals surface area contributed by atoms with Gasteiger partial charge >= 0.3 is 6.18 Å². The summed E-state index contributed by atoms with van der Waals surface area (Å²) in [5, 5.41) is 0. The van der Waals surface area contributed by atoms with Crippen molar-refractivity contribution in [2.24, 2.45) is 5.73 Å². The number of alkyl halides is 3. The molecule has 1 saturated carbocycles. The predicted octanol–water partition coefficient (Wildman–Crippen LogP) is 4.44. The molecule has 1 atom stereocenters. The van der Waals surface area contributed by atoms with Crippen molar-refractivity contribution in [3.05, 3.63) is 35.4 Å². The number of hydrogen-bond donors (Lipinski definition) is 1. The lowest BCUT2D eigenvalue weighted by Crippen LogP contribution is -2.43. The largest absolute Gasteiger partial charge is 0.416 e. The van der Waals surface area contributed by atoms with Gasteiger partial charge in [-0.2, -0.15) is 13.2 Å². The zero-order valence-electron chi connectivity index (χ0n) is 12.2. The Bertz CT molecular complexity index is 465. The second-order valence-corrected chi connectivity index (χ2v) is 5.75. The molecule has 0 radical (unpaired) electrons. The van der Waals surface area contributed by atoms with E-state index in [1.165, 1.54) is 12.1 Å². The van der Waals surface area contributed by atoms with Crippen LogP contribution in [-0.2, 0) is 10.9 Å². The second kappa shape index (κ2) is 6.36. The fourth-order valence-electron chi connectivity index (χ4n) is 3.28. The summed E-state index contributed by atoms with van der Waals surface area (Å²) in [6, 6.07) is 4.79. The maximum absolute atomic E-state index is 13.2. The molecule has 1 fully saturated rings. The molecule has 0 saturated heterocycles. The molecule has 0 heterocycles. The molecule has 5 heteroatoms. The van der Waals surface area contributed by atoms with Crippen LogP contribution in [0.25, 0.3) is 0 Å². The first-order valence-corrected chi connectivity index (χ1v) is 7.37. The first kappa shape index (κ1) is 16.3. The fraction of sp³-hybridized carbons (Fsp3) is 0.625. The molecule has 0 aliphatic heterocycles. The number of halogens is 3. The van der Waals surface area contributed by atoms with Gasteiger partial charge in [-0.25, -0.2) is 0 Å². The summed E-state index contributed by atoms with van der Waals surface area (Å²) in [5.74, 6) is 0. The van der Waals surface area contributed by atoms with E-state index in [9.17, 15) is 13.2 Å². The maximum Gasteiger partial charge on any atom is 0.416 e. The monoisotopic (exact) mass is 301 g/mol. The highest BCUT2D eigenvalue weighted by atomic mass is 19.4. The van der Waals surface area contributed by atoms with E-state index in [0.717, 1.165) is 31.7 Å². The molecule has 1 aliphatic rings. The predicted molar refractivity (Wildman–Crippen MR) is 75.8 cm³/mol. The van der Waals surface area contributed by atoms with E-state index in [0.29, 0.717) is 12.8 Å². The van der Waals surface area contributed by atoms with Crippen molar-refractivity contribution < 1.29 is 17.9 Å². The SMILES string of the molecule is COC1(C(N)c2ccccc2C(F)(F)F)CCCCCC1. The van der Waals surface area contributed by atoms with Gasteiger partial charge in [-0.15, -0.1) is 0 Å². The van der Waals surface area contributed by atoms with Gasteiger partial charge in [0.05, 0.1) is 17.2 Å². The summed E-state index contributed by atoms with van der Waals surface area (Å²) in [6.07, 6.45) is 1.06. The molecule has 0 amide bonds. The van der Waals surface area contributed by atoms with Crippen molar-refractivity contribution in [3.63, 3.8) is 0 Å². The van der Waals surface area contributed by atoms with Crippen LogP contribution >= 0.6 is 0 Å². The Hall–Kier alpha value is -1.07. The number of hydrogen-bond acceptors (Lipinski definition) is 2. The quantitative estimate of drug-likeness (QED) is 0.837. The molecule has 2 rings (SSSR count). The van der Waals surface area contributed by atoms with Gasteiger partial charge in [0.25, 0.3) is 0 Å². The summed E-state index contributed by atoms with van der Waals surface area (Å²) in [7, 11) is 1.56. The third kappa shape index (κ3) is 3.40. The Labute approximate surface area is 123 Å². The van der Waals surface area contributed by atoms with Crippen molar-refractivity contribution in [3.8, 4) is 0 Å². The number of methoxy groups -OCH3 is 1. The van der Waals surface area contributed by atoms with Gasteiger partial charge < -0.3 is 10.5 Å². The van der Waals surface area contributed by atoms with Crippen LogP contribution in [0.3, 0.4) is 0 Å². The molecule has 0 aromatic heterocycles. The molecule has 21 heavy (non-hydrogen) atoms. The Morgan fingerprint density at radius 1 is 1.10 bits per heavy atom. The molecule has 1 aromatic carbocycles. The molecular weight excluding hydrogens is 279 g/mol. The normalized spacial score (nSPS) is 20.8. The van der Waals surface area contributed by atoms with Crippen LogP contribution in [-0.4, -0.2) is 12.7 Å². The highest BCUT2D eigenvalue weighted by molar-refractivity contribution is 5.34. The van der Waals surface area contributed by atoms with Gasteiger partial charge in [-0.3, -0.25) is 0 Å². The summed E-state index contributed by atoms with van der Waals surface area (Å²) in [6.45, 7) is 0. The molecule has 118 valence electrons. The number of rotatable bonds is 3. The standard InChI is InChI=1S/C16H22F3NO/c1-21-15(10-6-2-3-7-11-15)14(20)12-8-4-5-9-13(12)16(17,18)19/h4-5,8-9,14H,2-3,6-7,10-11,20H2,1H3. The van der Waals surface area contributed by atoms with E-state index in [-0.39, 0.29) is 5.56 Å². The van der Waals surface area contributed by atoms with Crippen molar-refractivity contribution in [2.45, 2.75) is 56.3 Å². The lowest BCUT2D eigenvalue weighted by atomic mass is 9.81.